The summed E-state index contributed by atoms with van der Waals surface area (Å²) in [4.78, 5) is 2.32. The van der Waals surface area contributed by atoms with Crippen molar-refractivity contribution in [1.29, 1.82) is 0 Å². The van der Waals surface area contributed by atoms with Gasteiger partial charge in [-0.15, -0.1) is 0 Å². The number of fused-ring (bicyclic) bond motifs is 1. The van der Waals surface area contributed by atoms with E-state index in [1.807, 2.05) is 0 Å². The minimum atomic E-state index is -0.483. The van der Waals surface area contributed by atoms with Crippen molar-refractivity contribution in [1.82, 2.24) is 5.32 Å². The predicted molar refractivity (Wildman–Crippen MR) is 87.7 cm³/mol. The van der Waals surface area contributed by atoms with Gasteiger partial charge in [-0.3, -0.25) is 0 Å². The summed E-state index contributed by atoms with van der Waals surface area (Å²) in [5.74, 6) is 0.777. The first-order valence-electron chi connectivity index (χ1n) is 8.32. The van der Waals surface area contributed by atoms with Crippen molar-refractivity contribution in [2.45, 2.75) is 51.2 Å². The molecule has 0 spiro atoms. The minimum Gasteiger partial charge on any atom is -0.389 e. The number of likely N-dealkylation sites (N-methyl/N-ethyl adjacent to an activating group) is 1. The van der Waals surface area contributed by atoms with Gasteiger partial charge in [-0.05, 0) is 55.2 Å². The Kier molecular flexibility index (Phi) is 4.23. The van der Waals surface area contributed by atoms with Crippen LogP contribution in [0.1, 0.15) is 43.7 Å². The molecule has 1 saturated carbocycles. The van der Waals surface area contributed by atoms with Gasteiger partial charge in [0.2, 0.25) is 0 Å². The lowest BCUT2D eigenvalue weighted by atomic mass is 9.79. The van der Waals surface area contributed by atoms with E-state index in [2.05, 4.69) is 42.4 Å². The van der Waals surface area contributed by atoms with Gasteiger partial charge in [-0.2, -0.15) is 0 Å². The number of anilines is 1. The number of hydrogen-bond donors (Lipinski definition) is 2. The molecule has 1 fully saturated rings. The molecule has 1 aliphatic carbocycles. The topological polar surface area (TPSA) is 35.5 Å². The number of aliphatic hydroxyl groups is 1. The maximum atomic E-state index is 10.6. The summed E-state index contributed by atoms with van der Waals surface area (Å²) in [6.07, 6.45) is 5.35. The van der Waals surface area contributed by atoms with Crippen molar-refractivity contribution in [2.24, 2.45) is 5.92 Å². The molecule has 0 amide bonds. The minimum absolute atomic E-state index is 0.483. The summed E-state index contributed by atoms with van der Waals surface area (Å²) in [7, 11) is 2.16. The van der Waals surface area contributed by atoms with Crippen LogP contribution < -0.4 is 10.2 Å². The zero-order valence-corrected chi connectivity index (χ0v) is 13.4. The van der Waals surface area contributed by atoms with E-state index in [0.717, 1.165) is 57.7 Å². The molecule has 0 aromatic heterocycles. The third-order valence-electron chi connectivity index (χ3n) is 5.26. The van der Waals surface area contributed by atoms with Crippen LogP contribution in [-0.2, 0) is 13.0 Å². The third kappa shape index (κ3) is 3.41. The first kappa shape index (κ1) is 14.9. The van der Waals surface area contributed by atoms with Crippen LogP contribution in [0.5, 0.6) is 0 Å². The normalized spacial score (nSPS) is 28.7. The van der Waals surface area contributed by atoms with Crippen molar-refractivity contribution < 1.29 is 5.11 Å². The summed E-state index contributed by atoms with van der Waals surface area (Å²) >= 11 is 0. The Morgan fingerprint density at radius 2 is 2.10 bits per heavy atom. The third-order valence-corrected chi connectivity index (χ3v) is 5.26. The Morgan fingerprint density at radius 3 is 2.86 bits per heavy atom. The van der Waals surface area contributed by atoms with Gasteiger partial charge >= 0.3 is 0 Å². The molecule has 3 rings (SSSR count). The summed E-state index contributed by atoms with van der Waals surface area (Å²) in [6, 6.07) is 6.76. The number of nitrogens with zero attached hydrogens (tertiary/aromatic N) is 1. The Balaban J connectivity index is 1.52. The standard InChI is InChI=1S/C18H28N2O/c1-14-5-8-18(21,9-6-14)13-19-12-15-3-4-17-16(11-15)7-10-20(17)2/h3-4,11,14,19,21H,5-10,12-13H2,1-2H3. The highest BCUT2D eigenvalue weighted by Gasteiger charge is 2.31. The molecular weight excluding hydrogens is 260 g/mol. The highest BCUT2D eigenvalue weighted by atomic mass is 16.3. The van der Waals surface area contributed by atoms with Gasteiger partial charge in [0, 0.05) is 32.4 Å². The van der Waals surface area contributed by atoms with Gasteiger partial charge in [-0.1, -0.05) is 19.1 Å². The largest absolute Gasteiger partial charge is 0.389 e. The second kappa shape index (κ2) is 5.98. The lowest BCUT2D eigenvalue weighted by Gasteiger charge is -2.35. The zero-order chi connectivity index (χ0) is 14.9. The predicted octanol–water partition coefficient (Wildman–Crippen LogP) is 2.71. The fourth-order valence-corrected chi connectivity index (χ4v) is 3.65. The van der Waals surface area contributed by atoms with E-state index in [1.165, 1.54) is 16.8 Å². The maximum Gasteiger partial charge on any atom is 0.0771 e. The monoisotopic (exact) mass is 288 g/mol. The molecule has 1 aromatic carbocycles. The van der Waals surface area contributed by atoms with Gasteiger partial charge in [0.25, 0.3) is 0 Å². The SMILES string of the molecule is CC1CCC(O)(CNCc2ccc3c(c2)CCN3C)CC1. The van der Waals surface area contributed by atoms with Gasteiger partial charge in [0.15, 0.2) is 0 Å². The molecule has 116 valence electrons. The van der Waals surface area contributed by atoms with E-state index in [4.69, 9.17) is 0 Å². The Morgan fingerprint density at radius 1 is 1.33 bits per heavy atom. The second-order valence-electron chi connectivity index (χ2n) is 7.15. The second-order valence-corrected chi connectivity index (χ2v) is 7.15. The first-order valence-corrected chi connectivity index (χ1v) is 8.32. The van der Waals surface area contributed by atoms with Gasteiger partial charge in [0.05, 0.1) is 5.60 Å². The molecule has 2 aliphatic rings. The van der Waals surface area contributed by atoms with Crippen molar-refractivity contribution in [3.63, 3.8) is 0 Å². The van der Waals surface area contributed by atoms with E-state index in [9.17, 15) is 5.11 Å². The van der Waals surface area contributed by atoms with E-state index in [-0.39, 0.29) is 0 Å². The van der Waals surface area contributed by atoms with Crippen LogP contribution in [0.4, 0.5) is 5.69 Å². The molecule has 1 aliphatic heterocycles. The zero-order valence-electron chi connectivity index (χ0n) is 13.4. The first-order chi connectivity index (χ1) is 10.1. The fraction of sp³-hybridized carbons (Fsp3) is 0.667. The summed E-state index contributed by atoms with van der Waals surface area (Å²) < 4.78 is 0. The summed E-state index contributed by atoms with van der Waals surface area (Å²) in [5.41, 5.74) is 3.68. The molecule has 0 radical (unpaired) electrons. The number of rotatable bonds is 4. The molecule has 1 heterocycles. The van der Waals surface area contributed by atoms with Crippen molar-refractivity contribution >= 4 is 5.69 Å². The molecule has 0 atom stereocenters. The van der Waals surface area contributed by atoms with Crippen LogP contribution in [0.15, 0.2) is 18.2 Å². The lowest BCUT2D eigenvalue weighted by molar-refractivity contribution is -0.00630. The highest BCUT2D eigenvalue weighted by molar-refractivity contribution is 5.58. The molecule has 0 saturated heterocycles. The van der Waals surface area contributed by atoms with Crippen LogP contribution >= 0.6 is 0 Å². The number of nitrogens with one attached hydrogen (secondary N) is 1. The lowest BCUT2D eigenvalue weighted by Crippen LogP contribution is -2.43. The van der Waals surface area contributed by atoms with E-state index < -0.39 is 5.60 Å². The molecule has 2 N–H and O–H groups in total. The molecule has 3 heteroatoms. The molecule has 0 bridgehead atoms. The fourth-order valence-electron chi connectivity index (χ4n) is 3.65. The Bertz CT molecular complexity index is 492. The summed E-state index contributed by atoms with van der Waals surface area (Å²) in [5, 5.41) is 14.1. The van der Waals surface area contributed by atoms with Gasteiger partial charge in [-0.25, -0.2) is 0 Å². The van der Waals surface area contributed by atoms with Crippen LogP contribution in [0.2, 0.25) is 0 Å². The van der Waals surface area contributed by atoms with E-state index in [1.54, 1.807) is 0 Å². The molecule has 3 nitrogen and oxygen atoms in total. The average Bonchev–Trinajstić information content (AvgIpc) is 2.84. The van der Waals surface area contributed by atoms with Crippen LogP contribution in [0.3, 0.4) is 0 Å². The van der Waals surface area contributed by atoms with Crippen molar-refractivity contribution in [2.75, 3.05) is 25.0 Å². The molecular formula is C18H28N2O. The highest BCUT2D eigenvalue weighted by Crippen LogP contribution is 2.31. The average molecular weight is 288 g/mol. The van der Waals surface area contributed by atoms with Gasteiger partial charge < -0.3 is 15.3 Å². The Hall–Kier alpha value is -1.06. The summed E-state index contributed by atoms with van der Waals surface area (Å²) in [6.45, 7) is 4.99. The van der Waals surface area contributed by atoms with Gasteiger partial charge in [0.1, 0.15) is 0 Å². The van der Waals surface area contributed by atoms with E-state index in [0.29, 0.717) is 0 Å². The van der Waals surface area contributed by atoms with Crippen LogP contribution in [-0.4, -0.2) is 30.8 Å². The number of benzene rings is 1. The van der Waals surface area contributed by atoms with Crippen LogP contribution in [0, 0.1) is 5.92 Å². The molecule has 0 unspecified atom stereocenters. The smallest absolute Gasteiger partial charge is 0.0771 e. The molecule has 21 heavy (non-hydrogen) atoms. The van der Waals surface area contributed by atoms with Crippen LogP contribution in [0.25, 0.3) is 0 Å². The molecule has 1 aromatic rings. The number of hydrogen-bond acceptors (Lipinski definition) is 3. The van der Waals surface area contributed by atoms with Crippen molar-refractivity contribution in [3.8, 4) is 0 Å². The maximum absolute atomic E-state index is 10.6. The quantitative estimate of drug-likeness (QED) is 0.894. The Labute approximate surface area is 128 Å². The van der Waals surface area contributed by atoms with E-state index >= 15 is 0 Å². The van der Waals surface area contributed by atoms with Crippen molar-refractivity contribution in [3.05, 3.63) is 29.3 Å².